The number of terminal acetylenes is 1. The maximum absolute atomic E-state index is 14.6. The van der Waals surface area contributed by atoms with Crippen LogP contribution in [0.2, 0.25) is 0 Å². The molecule has 1 aliphatic heterocycles. The zero-order chi connectivity index (χ0) is 39.2. The van der Waals surface area contributed by atoms with Crippen LogP contribution in [0.15, 0.2) is 12.2 Å². The van der Waals surface area contributed by atoms with Crippen molar-refractivity contribution in [2.24, 2.45) is 23.2 Å². The molecule has 0 aromatic carbocycles. The third kappa shape index (κ3) is 11.3. The lowest BCUT2D eigenvalue weighted by Gasteiger charge is -2.41. The molecule has 4 N–H and O–H groups in total. The Kier molecular flexibility index (Phi) is 14.2. The number of nitrogens with zero attached hydrogens (tertiary/aromatic N) is 1. The van der Waals surface area contributed by atoms with Gasteiger partial charge >= 0.3 is 6.03 Å². The number of hydrogen-bond acceptors (Lipinski definition) is 7. The van der Waals surface area contributed by atoms with Gasteiger partial charge in [-0.15, -0.1) is 12.3 Å². The molecule has 3 fully saturated rings. The molecule has 52 heavy (non-hydrogen) atoms. The molecule has 1 unspecified atom stereocenters. The van der Waals surface area contributed by atoms with E-state index in [1.54, 1.807) is 20.8 Å². The van der Waals surface area contributed by atoms with Crippen LogP contribution in [0.4, 0.5) is 4.79 Å². The second-order valence-corrected chi connectivity index (χ2v) is 20.3. The zero-order valence-electron chi connectivity index (χ0n) is 32.7. The Labute approximate surface area is 311 Å². The number of hydrogen-bond donors (Lipinski definition) is 4. The summed E-state index contributed by atoms with van der Waals surface area (Å²) in [4.78, 5) is 70.0. The van der Waals surface area contributed by atoms with Gasteiger partial charge in [-0.1, -0.05) is 78.9 Å². The van der Waals surface area contributed by atoms with Gasteiger partial charge in [-0.3, -0.25) is 19.2 Å². The van der Waals surface area contributed by atoms with Gasteiger partial charge in [0.1, 0.15) is 12.1 Å². The molecule has 1 saturated heterocycles. The van der Waals surface area contributed by atoms with Crippen molar-refractivity contribution in [3.63, 3.8) is 0 Å². The predicted molar refractivity (Wildman–Crippen MR) is 203 cm³/mol. The van der Waals surface area contributed by atoms with Crippen LogP contribution in [0.3, 0.4) is 0 Å². The van der Waals surface area contributed by atoms with Crippen molar-refractivity contribution in [1.29, 1.82) is 0 Å². The fourth-order valence-corrected chi connectivity index (χ4v) is 8.61. The average molecular weight is 746 g/mol. The van der Waals surface area contributed by atoms with E-state index in [1.807, 2.05) is 34.6 Å². The molecule has 2 saturated carbocycles. The molecule has 2 aliphatic carbocycles. The van der Waals surface area contributed by atoms with Gasteiger partial charge in [-0.2, -0.15) is 0 Å². The molecule has 13 heteroatoms. The highest BCUT2D eigenvalue weighted by atomic mass is 32.2. The lowest BCUT2D eigenvalue weighted by atomic mass is 9.83. The summed E-state index contributed by atoms with van der Waals surface area (Å²) < 4.78 is 25.7. The minimum atomic E-state index is -3.58. The molecule has 5 amide bonds. The maximum atomic E-state index is 14.6. The molecule has 0 aromatic heterocycles. The first-order valence-corrected chi connectivity index (χ1v) is 20.5. The van der Waals surface area contributed by atoms with Gasteiger partial charge in [0, 0.05) is 19.5 Å². The molecule has 0 bridgehead atoms. The van der Waals surface area contributed by atoms with Crippen molar-refractivity contribution in [3.05, 3.63) is 12.2 Å². The largest absolute Gasteiger partial charge is 0.348 e. The maximum Gasteiger partial charge on any atom is 0.315 e. The number of Topliss-reactive ketones (excluding diaryl/α,β-unsaturated/α-hetero) is 1. The molecule has 12 nitrogen and oxygen atoms in total. The summed E-state index contributed by atoms with van der Waals surface area (Å²) in [7, 11) is -3.58. The number of sulfone groups is 1. The van der Waals surface area contributed by atoms with Crippen LogP contribution < -0.4 is 21.3 Å². The average Bonchev–Trinajstić information content (AvgIpc) is 3.74. The molecular weight excluding hydrogens is 683 g/mol. The molecule has 1 heterocycles. The van der Waals surface area contributed by atoms with Gasteiger partial charge in [-0.25, -0.2) is 13.2 Å². The van der Waals surface area contributed by atoms with E-state index in [-0.39, 0.29) is 49.4 Å². The minimum absolute atomic E-state index is 0.0815. The smallest absolute Gasteiger partial charge is 0.315 e. The van der Waals surface area contributed by atoms with E-state index in [0.29, 0.717) is 19.3 Å². The van der Waals surface area contributed by atoms with Crippen LogP contribution in [-0.4, -0.2) is 90.1 Å². The van der Waals surface area contributed by atoms with E-state index in [0.717, 1.165) is 37.7 Å². The van der Waals surface area contributed by atoms with Gasteiger partial charge in [0.15, 0.2) is 9.84 Å². The molecule has 3 rings (SSSR count). The van der Waals surface area contributed by atoms with Crippen molar-refractivity contribution in [1.82, 2.24) is 26.2 Å². The standard InChI is InChI=1S/C39H63N5O7S/c1-11-12-20-40-34(47)31(45)29(21-27-16-17-27)41-33(46)30-22-28(26(4)25(2)3)23-44(30)35(48)32(37(5,6)7)42-36(49)43-39(18-14-13-15-19-39)24-52(50,51)38(8,9)10/h1,25,27-30,32H,4,12-24H2,2-3,5-10H3,(H,40,47)(H,41,46)(H2,42,43,49)/t28-,29?,30+,32-/m1/s1. The summed E-state index contributed by atoms with van der Waals surface area (Å²) in [5, 5.41) is 11.2. The third-order valence-corrected chi connectivity index (χ3v) is 13.6. The van der Waals surface area contributed by atoms with E-state index in [2.05, 4.69) is 33.8 Å². The Hall–Kier alpha value is -3.40. The van der Waals surface area contributed by atoms with E-state index < -0.39 is 73.2 Å². The SMILES string of the molecule is C#CCCNC(=O)C(=O)C(CC1CC1)NC(=O)[C@@H]1C[C@@H](C(=C)C(C)C)CN1C(=O)[C@@H](NC(=O)NC1(CS(=O)(=O)C(C)(C)C)CCCCC1)C(C)(C)C. The number of rotatable bonds is 15. The number of likely N-dealkylation sites (tertiary alicyclic amines) is 1. The number of urea groups is 1. The molecule has 0 aromatic rings. The minimum Gasteiger partial charge on any atom is -0.348 e. The summed E-state index contributed by atoms with van der Waals surface area (Å²) >= 11 is 0. The van der Waals surface area contributed by atoms with Gasteiger partial charge in [0.05, 0.1) is 22.1 Å². The fourth-order valence-electron chi connectivity index (χ4n) is 7.08. The number of nitrogens with one attached hydrogen (secondary N) is 4. The fraction of sp³-hybridized carbons (Fsp3) is 0.769. The number of carbonyl (C=O) groups is 5. The van der Waals surface area contributed by atoms with Gasteiger partial charge in [0.25, 0.3) is 5.91 Å². The van der Waals surface area contributed by atoms with Crippen molar-refractivity contribution in [2.45, 2.75) is 148 Å². The van der Waals surface area contributed by atoms with E-state index >= 15 is 0 Å². The Morgan fingerprint density at radius 3 is 2.12 bits per heavy atom. The summed E-state index contributed by atoms with van der Waals surface area (Å²) in [5.41, 5.74) is -0.906. The normalized spacial score (nSPS) is 21.7. The Morgan fingerprint density at radius 2 is 1.60 bits per heavy atom. The summed E-state index contributed by atoms with van der Waals surface area (Å²) in [6, 6.07) is -3.77. The van der Waals surface area contributed by atoms with Crippen LogP contribution in [0, 0.1) is 35.5 Å². The molecule has 3 aliphatic rings. The van der Waals surface area contributed by atoms with E-state index in [1.165, 1.54) is 4.90 Å². The quantitative estimate of drug-likeness (QED) is 0.0849. The van der Waals surface area contributed by atoms with E-state index in [9.17, 15) is 32.4 Å². The van der Waals surface area contributed by atoms with Crippen molar-refractivity contribution >= 4 is 39.4 Å². The highest BCUT2D eigenvalue weighted by Gasteiger charge is 2.48. The van der Waals surface area contributed by atoms with Crippen LogP contribution in [0.5, 0.6) is 0 Å². The first-order valence-electron chi connectivity index (χ1n) is 18.9. The highest BCUT2D eigenvalue weighted by Crippen LogP contribution is 2.37. The van der Waals surface area contributed by atoms with Crippen LogP contribution in [0.25, 0.3) is 0 Å². The number of ketones is 1. The zero-order valence-corrected chi connectivity index (χ0v) is 33.5. The molecule has 4 atom stereocenters. The number of carbonyl (C=O) groups excluding carboxylic acids is 5. The second kappa shape index (κ2) is 17.2. The van der Waals surface area contributed by atoms with Crippen LogP contribution >= 0.6 is 0 Å². The Morgan fingerprint density at radius 1 is 0.981 bits per heavy atom. The predicted octanol–water partition coefficient (Wildman–Crippen LogP) is 4.04. The highest BCUT2D eigenvalue weighted by molar-refractivity contribution is 7.92. The monoisotopic (exact) mass is 745 g/mol. The van der Waals surface area contributed by atoms with Crippen molar-refractivity contribution in [3.8, 4) is 12.3 Å². The van der Waals surface area contributed by atoms with E-state index in [4.69, 9.17) is 6.42 Å². The summed E-state index contributed by atoms with van der Waals surface area (Å²) in [6.45, 7) is 19.0. The summed E-state index contributed by atoms with van der Waals surface area (Å²) in [6.07, 6.45) is 11.4. The van der Waals surface area contributed by atoms with Crippen molar-refractivity contribution < 1.29 is 32.4 Å². The molecule has 0 radical (unpaired) electrons. The first-order chi connectivity index (χ1) is 24.0. The van der Waals surface area contributed by atoms with Gasteiger partial charge < -0.3 is 26.2 Å². The lowest BCUT2D eigenvalue weighted by Crippen LogP contribution is -2.63. The topological polar surface area (TPSA) is 171 Å². The van der Waals surface area contributed by atoms with Gasteiger partial charge in [0.2, 0.25) is 17.6 Å². The Bertz CT molecular complexity index is 1510. The number of amides is 5. The lowest BCUT2D eigenvalue weighted by molar-refractivity contribution is -0.143. The third-order valence-electron chi connectivity index (χ3n) is 10.8. The van der Waals surface area contributed by atoms with Crippen LogP contribution in [0.1, 0.15) is 120 Å². The Balaban J connectivity index is 1.89. The van der Waals surface area contributed by atoms with Crippen molar-refractivity contribution in [2.75, 3.05) is 18.8 Å². The summed E-state index contributed by atoms with van der Waals surface area (Å²) in [5.74, 6) is -0.317. The van der Waals surface area contributed by atoms with Crippen LogP contribution in [-0.2, 0) is 29.0 Å². The molecular formula is C39H63N5O7S. The molecule has 292 valence electrons. The first kappa shape index (κ1) is 43.0. The van der Waals surface area contributed by atoms with Gasteiger partial charge in [-0.05, 0) is 69.6 Å². The molecule has 0 spiro atoms. The second-order valence-electron chi connectivity index (χ2n) is 17.6.